The van der Waals surface area contributed by atoms with E-state index in [1.807, 2.05) is 12.1 Å². The molecule has 2 aromatic rings. The summed E-state index contributed by atoms with van der Waals surface area (Å²) in [5.41, 5.74) is 1.26. The van der Waals surface area contributed by atoms with Crippen LogP contribution in [0.2, 0.25) is 0 Å². The minimum absolute atomic E-state index is 0.228. The molecule has 0 bridgehead atoms. The Morgan fingerprint density at radius 1 is 1.05 bits per heavy atom. The molecule has 0 amide bonds. The molecule has 0 aliphatic rings. The van der Waals surface area contributed by atoms with Crippen LogP contribution < -0.4 is 5.32 Å². The summed E-state index contributed by atoms with van der Waals surface area (Å²) < 4.78 is 0. The van der Waals surface area contributed by atoms with E-state index in [1.165, 1.54) is 5.56 Å². The molecular weight excluding hydrogens is 236 g/mol. The van der Waals surface area contributed by atoms with E-state index in [4.69, 9.17) is 0 Å². The van der Waals surface area contributed by atoms with Crippen molar-refractivity contribution in [3.63, 3.8) is 0 Å². The van der Waals surface area contributed by atoms with Gasteiger partial charge in [-0.3, -0.25) is 0 Å². The molecule has 2 rings (SSSR count). The van der Waals surface area contributed by atoms with Crippen molar-refractivity contribution in [1.29, 1.82) is 0 Å². The largest absolute Gasteiger partial charge is 0.347 e. The maximum absolute atomic E-state index is 4.24. The van der Waals surface area contributed by atoms with Crippen molar-refractivity contribution in [3.05, 3.63) is 54.4 Å². The summed E-state index contributed by atoms with van der Waals surface area (Å²) in [7, 11) is 4.17. The van der Waals surface area contributed by atoms with Gasteiger partial charge in [-0.15, -0.1) is 0 Å². The topological polar surface area (TPSA) is 41.0 Å². The molecule has 1 aromatic heterocycles. The second kappa shape index (κ2) is 6.85. The zero-order valence-corrected chi connectivity index (χ0v) is 11.5. The lowest BCUT2D eigenvalue weighted by Gasteiger charge is -2.21. The highest BCUT2D eigenvalue weighted by molar-refractivity contribution is 5.31. The summed E-state index contributed by atoms with van der Waals surface area (Å²) in [4.78, 5) is 10.7. The van der Waals surface area contributed by atoms with Crippen LogP contribution in [-0.4, -0.2) is 35.5 Å². The smallest absolute Gasteiger partial charge is 0.223 e. The van der Waals surface area contributed by atoms with E-state index in [-0.39, 0.29) is 6.04 Å². The second-order valence-corrected chi connectivity index (χ2v) is 4.77. The molecule has 0 spiro atoms. The van der Waals surface area contributed by atoms with E-state index in [2.05, 4.69) is 58.5 Å². The third-order valence-corrected chi connectivity index (χ3v) is 2.94. The van der Waals surface area contributed by atoms with Crippen LogP contribution in [0.3, 0.4) is 0 Å². The molecule has 1 heterocycles. The lowest BCUT2D eigenvalue weighted by molar-refractivity contribution is 0.387. The molecule has 0 saturated carbocycles. The van der Waals surface area contributed by atoms with Gasteiger partial charge in [0, 0.05) is 12.4 Å². The molecule has 4 heteroatoms. The van der Waals surface area contributed by atoms with Gasteiger partial charge in [0.1, 0.15) is 0 Å². The van der Waals surface area contributed by atoms with Gasteiger partial charge in [-0.2, -0.15) is 0 Å². The number of anilines is 1. The SMILES string of the molecule is CN(C)CC[C@@H](Nc1ncccn1)c1ccccc1. The molecular formula is C15H20N4. The van der Waals surface area contributed by atoms with Gasteiger partial charge in [-0.25, -0.2) is 9.97 Å². The predicted molar refractivity (Wildman–Crippen MR) is 78.0 cm³/mol. The summed E-state index contributed by atoms with van der Waals surface area (Å²) in [6, 6.07) is 12.5. The highest BCUT2D eigenvalue weighted by atomic mass is 15.1. The lowest BCUT2D eigenvalue weighted by Crippen LogP contribution is -2.20. The first kappa shape index (κ1) is 13.5. The van der Waals surface area contributed by atoms with Crippen molar-refractivity contribution in [2.24, 2.45) is 0 Å². The van der Waals surface area contributed by atoms with E-state index < -0.39 is 0 Å². The third kappa shape index (κ3) is 4.34. The fourth-order valence-corrected chi connectivity index (χ4v) is 1.92. The Balaban J connectivity index is 2.10. The highest BCUT2D eigenvalue weighted by Gasteiger charge is 2.12. The van der Waals surface area contributed by atoms with Gasteiger partial charge in [0.15, 0.2) is 0 Å². The van der Waals surface area contributed by atoms with Crippen molar-refractivity contribution in [2.45, 2.75) is 12.5 Å². The Morgan fingerprint density at radius 2 is 1.74 bits per heavy atom. The number of hydrogen-bond acceptors (Lipinski definition) is 4. The van der Waals surface area contributed by atoms with E-state index in [0.717, 1.165) is 13.0 Å². The summed E-state index contributed by atoms with van der Waals surface area (Å²) in [5, 5.41) is 3.40. The van der Waals surface area contributed by atoms with Crippen LogP contribution in [0.4, 0.5) is 5.95 Å². The number of aromatic nitrogens is 2. The van der Waals surface area contributed by atoms with Gasteiger partial charge < -0.3 is 10.2 Å². The predicted octanol–water partition coefficient (Wildman–Crippen LogP) is 2.58. The number of nitrogens with one attached hydrogen (secondary N) is 1. The van der Waals surface area contributed by atoms with Gasteiger partial charge in [0.2, 0.25) is 5.95 Å². The van der Waals surface area contributed by atoms with Gasteiger partial charge >= 0.3 is 0 Å². The maximum atomic E-state index is 4.24. The molecule has 0 unspecified atom stereocenters. The summed E-state index contributed by atoms with van der Waals surface area (Å²) in [6.45, 7) is 1.01. The van der Waals surface area contributed by atoms with E-state index in [9.17, 15) is 0 Å². The number of hydrogen-bond donors (Lipinski definition) is 1. The summed E-state index contributed by atoms with van der Waals surface area (Å²) in [6.07, 6.45) is 4.52. The second-order valence-electron chi connectivity index (χ2n) is 4.77. The van der Waals surface area contributed by atoms with Gasteiger partial charge in [0.05, 0.1) is 6.04 Å². The lowest BCUT2D eigenvalue weighted by atomic mass is 10.0. The molecule has 4 nitrogen and oxygen atoms in total. The van der Waals surface area contributed by atoms with Crippen molar-refractivity contribution in [1.82, 2.24) is 14.9 Å². The molecule has 1 aromatic carbocycles. The fourth-order valence-electron chi connectivity index (χ4n) is 1.92. The quantitative estimate of drug-likeness (QED) is 0.862. The minimum Gasteiger partial charge on any atom is -0.347 e. The fraction of sp³-hybridized carbons (Fsp3) is 0.333. The molecule has 0 fully saturated rings. The Morgan fingerprint density at radius 3 is 2.37 bits per heavy atom. The van der Waals surface area contributed by atoms with Gasteiger partial charge in [0.25, 0.3) is 0 Å². The summed E-state index contributed by atoms with van der Waals surface area (Å²) in [5.74, 6) is 0.676. The average molecular weight is 256 g/mol. The molecule has 0 radical (unpaired) electrons. The van der Waals surface area contributed by atoms with Crippen LogP contribution in [0.5, 0.6) is 0 Å². The Hall–Kier alpha value is -1.94. The standard InChI is InChI=1S/C15H20N4/c1-19(2)12-9-14(13-7-4-3-5-8-13)18-15-16-10-6-11-17-15/h3-8,10-11,14H,9,12H2,1-2H3,(H,16,17,18)/t14-/m1/s1. The first-order valence-corrected chi connectivity index (χ1v) is 6.49. The molecule has 100 valence electrons. The first-order valence-electron chi connectivity index (χ1n) is 6.49. The minimum atomic E-state index is 0.228. The molecule has 19 heavy (non-hydrogen) atoms. The van der Waals surface area contributed by atoms with Crippen LogP contribution in [0, 0.1) is 0 Å². The van der Waals surface area contributed by atoms with E-state index in [0.29, 0.717) is 5.95 Å². The Labute approximate surface area is 114 Å². The Kier molecular flexibility index (Phi) is 4.86. The zero-order valence-electron chi connectivity index (χ0n) is 11.5. The number of nitrogens with zero attached hydrogens (tertiary/aromatic N) is 3. The van der Waals surface area contributed by atoms with Crippen LogP contribution in [0.15, 0.2) is 48.8 Å². The number of benzene rings is 1. The maximum Gasteiger partial charge on any atom is 0.223 e. The zero-order chi connectivity index (χ0) is 13.5. The monoisotopic (exact) mass is 256 g/mol. The third-order valence-electron chi connectivity index (χ3n) is 2.94. The van der Waals surface area contributed by atoms with E-state index >= 15 is 0 Å². The van der Waals surface area contributed by atoms with Crippen LogP contribution in [0.1, 0.15) is 18.0 Å². The van der Waals surface area contributed by atoms with Crippen molar-refractivity contribution in [2.75, 3.05) is 26.0 Å². The van der Waals surface area contributed by atoms with Crippen LogP contribution >= 0.6 is 0 Å². The average Bonchev–Trinajstić information content (AvgIpc) is 2.45. The van der Waals surface area contributed by atoms with E-state index in [1.54, 1.807) is 12.4 Å². The van der Waals surface area contributed by atoms with Crippen molar-refractivity contribution in [3.8, 4) is 0 Å². The Bertz CT molecular complexity index is 470. The number of rotatable bonds is 6. The normalized spacial score (nSPS) is 12.4. The molecule has 1 N–H and O–H groups in total. The van der Waals surface area contributed by atoms with Gasteiger partial charge in [-0.1, -0.05) is 30.3 Å². The van der Waals surface area contributed by atoms with Crippen molar-refractivity contribution < 1.29 is 0 Å². The first-order chi connectivity index (χ1) is 9.25. The summed E-state index contributed by atoms with van der Waals surface area (Å²) >= 11 is 0. The molecule has 0 saturated heterocycles. The molecule has 1 atom stereocenters. The highest BCUT2D eigenvalue weighted by Crippen LogP contribution is 2.20. The van der Waals surface area contributed by atoms with Gasteiger partial charge in [-0.05, 0) is 38.7 Å². The van der Waals surface area contributed by atoms with Crippen LogP contribution in [-0.2, 0) is 0 Å². The van der Waals surface area contributed by atoms with Crippen molar-refractivity contribution >= 4 is 5.95 Å². The molecule has 0 aliphatic carbocycles. The molecule has 0 aliphatic heterocycles. The van der Waals surface area contributed by atoms with Crippen LogP contribution in [0.25, 0.3) is 0 Å².